The summed E-state index contributed by atoms with van der Waals surface area (Å²) in [6.07, 6.45) is 6.18. The van der Waals surface area contributed by atoms with Crippen molar-refractivity contribution in [2.45, 2.75) is 51.5 Å². The first-order valence-electron chi connectivity index (χ1n) is 6.94. The summed E-state index contributed by atoms with van der Waals surface area (Å²) in [5, 5.41) is 12.7. The second-order valence-electron chi connectivity index (χ2n) is 5.97. The van der Waals surface area contributed by atoms with E-state index in [9.17, 15) is 0 Å². The van der Waals surface area contributed by atoms with Gasteiger partial charge in [-0.25, -0.2) is 0 Å². The lowest BCUT2D eigenvalue weighted by Crippen LogP contribution is -2.49. The standard InChI is InChI=1S/C14H29NO2/c1-12-4-6-13(7-5-12)10-15-14(2,8-9-16)11-17-3/h12-13,15-16H,4-11H2,1-3H3. The van der Waals surface area contributed by atoms with Gasteiger partial charge in [-0.05, 0) is 44.6 Å². The van der Waals surface area contributed by atoms with Crippen LogP contribution in [0.3, 0.4) is 0 Å². The van der Waals surface area contributed by atoms with Gasteiger partial charge in [0.1, 0.15) is 0 Å². The first-order chi connectivity index (χ1) is 8.09. The molecule has 1 rings (SSSR count). The summed E-state index contributed by atoms with van der Waals surface area (Å²) < 4.78 is 5.24. The lowest BCUT2D eigenvalue weighted by atomic mass is 9.82. The van der Waals surface area contributed by atoms with E-state index in [2.05, 4.69) is 19.2 Å². The predicted octanol–water partition coefficient (Wildman–Crippen LogP) is 2.19. The molecule has 1 atom stereocenters. The van der Waals surface area contributed by atoms with Gasteiger partial charge in [0.05, 0.1) is 6.61 Å². The molecule has 0 spiro atoms. The lowest BCUT2D eigenvalue weighted by molar-refractivity contribution is 0.0924. The summed E-state index contributed by atoms with van der Waals surface area (Å²) in [7, 11) is 1.72. The number of hydrogen-bond acceptors (Lipinski definition) is 3. The molecule has 0 aromatic rings. The van der Waals surface area contributed by atoms with Gasteiger partial charge in [-0.3, -0.25) is 0 Å². The van der Waals surface area contributed by atoms with Crippen molar-refractivity contribution in [3.63, 3.8) is 0 Å². The summed E-state index contributed by atoms with van der Waals surface area (Å²) >= 11 is 0. The van der Waals surface area contributed by atoms with E-state index >= 15 is 0 Å². The molecule has 1 saturated carbocycles. The fourth-order valence-corrected chi connectivity index (χ4v) is 2.70. The highest BCUT2D eigenvalue weighted by Crippen LogP contribution is 2.28. The van der Waals surface area contributed by atoms with Crippen molar-refractivity contribution < 1.29 is 9.84 Å². The van der Waals surface area contributed by atoms with E-state index in [4.69, 9.17) is 9.84 Å². The number of rotatable bonds is 7. The van der Waals surface area contributed by atoms with Gasteiger partial charge in [0.25, 0.3) is 0 Å². The Bertz CT molecular complexity index is 194. The minimum absolute atomic E-state index is 0.0768. The number of hydrogen-bond donors (Lipinski definition) is 2. The monoisotopic (exact) mass is 243 g/mol. The van der Waals surface area contributed by atoms with Crippen LogP contribution in [0.5, 0.6) is 0 Å². The van der Waals surface area contributed by atoms with Crippen molar-refractivity contribution in [1.29, 1.82) is 0 Å². The van der Waals surface area contributed by atoms with Gasteiger partial charge in [-0.2, -0.15) is 0 Å². The van der Waals surface area contributed by atoms with E-state index in [1.165, 1.54) is 25.7 Å². The van der Waals surface area contributed by atoms with Crippen LogP contribution < -0.4 is 5.32 Å². The number of ether oxygens (including phenoxy) is 1. The van der Waals surface area contributed by atoms with Crippen LogP contribution in [0.15, 0.2) is 0 Å². The zero-order valence-electron chi connectivity index (χ0n) is 11.7. The second kappa shape index (κ2) is 7.34. The summed E-state index contributed by atoms with van der Waals surface area (Å²) in [5.41, 5.74) is -0.0768. The fourth-order valence-electron chi connectivity index (χ4n) is 2.70. The quantitative estimate of drug-likeness (QED) is 0.720. The van der Waals surface area contributed by atoms with Crippen LogP contribution in [0.25, 0.3) is 0 Å². The van der Waals surface area contributed by atoms with E-state index in [1.54, 1.807) is 7.11 Å². The van der Waals surface area contributed by atoms with E-state index in [1.807, 2.05) is 0 Å². The molecule has 17 heavy (non-hydrogen) atoms. The van der Waals surface area contributed by atoms with Crippen molar-refractivity contribution in [2.24, 2.45) is 11.8 Å². The lowest BCUT2D eigenvalue weighted by Gasteiger charge is -2.33. The highest BCUT2D eigenvalue weighted by atomic mass is 16.5. The van der Waals surface area contributed by atoms with Crippen LogP contribution in [0.2, 0.25) is 0 Å². The third-order valence-electron chi connectivity index (χ3n) is 4.08. The maximum Gasteiger partial charge on any atom is 0.0642 e. The molecule has 0 aliphatic heterocycles. The third kappa shape index (κ3) is 5.36. The topological polar surface area (TPSA) is 41.5 Å². The molecule has 102 valence electrons. The molecule has 1 unspecified atom stereocenters. The normalized spacial score (nSPS) is 28.9. The SMILES string of the molecule is COCC(C)(CCO)NCC1CCC(C)CC1. The Morgan fingerprint density at radius 1 is 1.29 bits per heavy atom. The average Bonchev–Trinajstić information content (AvgIpc) is 2.29. The van der Waals surface area contributed by atoms with Crippen LogP contribution in [0.1, 0.15) is 46.0 Å². The number of methoxy groups -OCH3 is 1. The van der Waals surface area contributed by atoms with E-state index in [-0.39, 0.29) is 12.1 Å². The predicted molar refractivity (Wildman–Crippen MR) is 71.1 cm³/mol. The third-order valence-corrected chi connectivity index (χ3v) is 4.08. The van der Waals surface area contributed by atoms with Crippen LogP contribution in [-0.4, -0.2) is 37.5 Å². The smallest absolute Gasteiger partial charge is 0.0642 e. The Hall–Kier alpha value is -0.120. The van der Waals surface area contributed by atoms with Crippen LogP contribution in [-0.2, 0) is 4.74 Å². The molecular weight excluding hydrogens is 214 g/mol. The summed E-state index contributed by atoms with van der Waals surface area (Å²) in [6.45, 7) is 6.43. The molecule has 0 saturated heterocycles. The molecule has 2 N–H and O–H groups in total. The van der Waals surface area contributed by atoms with Crippen molar-refractivity contribution in [3.05, 3.63) is 0 Å². The average molecular weight is 243 g/mol. The molecule has 0 bridgehead atoms. The van der Waals surface area contributed by atoms with Crippen LogP contribution in [0, 0.1) is 11.8 Å². The van der Waals surface area contributed by atoms with Gasteiger partial charge in [-0.15, -0.1) is 0 Å². The molecule has 3 heteroatoms. The number of aliphatic hydroxyl groups is 1. The van der Waals surface area contributed by atoms with Gasteiger partial charge in [0, 0.05) is 19.3 Å². The summed E-state index contributed by atoms with van der Waals surface area (Å²) in [5.74, 6) is 1.72. The highest BCUT2D eigenvalue weighted by Gasteiger charge is 2.25. The molecule has 1 aliphatic rings. The Labute approximate surface area is 106 Å². The van der Waals surface area contributed by atoms with E-state index in [0.717, 1.165) is 24.8 Å². The maximum atomic E-state index is 9.10. The van der Waals surface area contributed by atoms with Gasteiger partial charge in [0.15, 0.2) is 0 Å². The van der Waals surface area contributed by atoms with Crippen LogP contribution >= 0.6 is 0 Å². The van der Waals surface area contributed by atoms with Crippen LogP contribution in [0.4, 0.5) is 0 Å². The zero-order valence-corrected chi connectivity index (χ0v) is 11.7. The molecule has 0 heterocycles. The Balaban J connectivity index is 2.30. The fraction of sp³-hybridized carbons (Fsp3) is 1.00. The van der Waals surface area contributed by atoms with Crippen molar-refractivity contribution in [2.75, 3.05) is 26.9 Å². The largest absolute Gasteiger partial charge is 0.396 e. The van der Waals surface area contributed by atoms with Gasteiger partial charge in [-0.1, -0.05) is 19.8 Å². The summed E-state index contributed by atoms with van der Waals surface area (Å²) in [6, 6.07) is 0. The first-order valence-corrected chi connectivity index (χ1v) is 6.94. The van der Waals surface area contributed by atoms with Crippen molar-refractivity contribution >= 4 is 0 Å². The molecule has 1 aliphatic carbocycles. The minimum atomic E-state index is -0.0768. The Morgan fingerprint density at radius 2 is 1.94 bits per heavy atom. The van der Waals surface area contributed by atoms with E-state index < -0.39 is 0 Å². The zero-order chi connectivity index (χ0) is 12.7. The maximum absolute atomic E-state index is 9.10. The number of aliphatic hydroxyl groups excluding tert-OH is 1. The van der Waals surface area contributed by atoms with Gasteiger partial charge >= 0.3 is 0 Å². The number of nitrogens with one attached hydrogen (secondary N) is 1. The van der Waals surface area contributed by atoms with Crippen molar-refractivity contribution in [1.82, 2.24) is 5.32 Å². The Kier molecular flexibility index (Phi) is 6.45. The molecule has 0 aromatic carbocycles. The molecular formula is C14H29NO2. The van der Waals surface area contributed by atoms with Crippen molar-refractivity contribution in [3.8, 4) is 0 Å². The van der Waals surface area contributed by atoms with E-state index in [0.29, 0.717) is 6.61 Å². The highest BCUT2D eigenvalue weighted by molar-refractivity contribution is 4.84. The summed E-state index contributed by atoms with van der Waals surface area (Å²) in [4.78, 5) is 0. The van der Waals surface area contributed by atoms with Gasteiger partial charge in [0.2, 0.25) is 0 Å². The minimum Gasteiger partial charge on any atom is -0.396 e. The molecule has 0 radical (unpaired) electrons. The first kappa shape index (κ1) is 14.9. The molecule has 0 amide bonds. The molecule has 0 aromatic heterocycles. The molecule has 1 fully saturated rings. The van der Waals surface area contributed by atoms with Gasteiger partial charge < -0.3 is 15.2 Å². The molecule has 3 nitrogen and oxygen atoms in total. The second-order valence-corrected chi connectivity index (χ2v) is 5.97. The Morgan fingerprint density at radius 3 is 2.47 bits per heavy atom.